The molecule has 1 aliphatic rings. The molecule has 33 heavy (non-hydrogen) atoms. The van der Waals surface area contributed by atoms with Crippen molar-refractivity contribution < 1.29 is 24.0 Å². The summed E-state index contributed by atoms with van der Waals surface area (Å²) in [6, 6.07) is 11.4. The molecule has 1 fully saturated rings. The van der Waals surface area contributed by atoms with Gasteiger partial charge in [-0.25, -0.2) is 0 Å². The Hall–Kier alpha value is -4.08. The maximum atomic E-state index is 13.0. The quantitative estimate of drug-likeness (QED) is 0.420. The molecule has 2 heterocycles. The molecule has 2 amide bonds. The molecule has 172 valence electrons. The van der Waals surface area contributed by atoms with Crippen LogP contribution in [0, 0.1) is 10.1 Å². The molecule has 0 atom stereocenters. The average molecular weight is 452 g/mol. The summed E-state index contributed by atoms with van der Waals surface area (Å²) in [6.07, 6.45) is 1.75. The fourth-order valence-corrected chi connectivity index (χ4v) is 3.99. The number of hydrogen-bond acceptors (Lipinski definition) is 6. The van der Waals surface area contributed by atoms with Crippen LogP contribution in [0.25, 0.3) is 10.9 Å². The SMILES string of the molecule is COc1ccc(C(=O)N2CCN(C(=O)Cn3ccc4cc([N+](=O)[O-])ccc43)CC2)c(OC)c1. The highest BCUT2D eigenvalue weighted by molar-refractivity contribution is 5.97. The molecule has 0 saturated carbocycles. The normalized spacial score (nSPS) is 13.8. The van der Waals surface area contributed by atoms with Gasteiger partial charge in [0.1, 0.15) is 18.0 Å². The number of hydrogen-bond donors (Lipinski definition) is 0. The van der Waals surface area contributed by atoms with E-state index in [2.05, 4.69) is 0 Å². The third kappa shape index (κ3) is 4.45. The Bertz CT molecular complexity index is 1210. The van der Waals surface area contributed by atoms with Gasteiger partial charge in [-0.3, -0.25) is 19.7 Å². The number of non-ortho nitro benzene ring substituents is 1. The van der Waals surface area contributed by atoms with Gasteiger partial charge in [-0.15, -0.1) is 0 Å². The summed E-state index contributed by atoms with van der Waals surface area (Å²) in [5.74, 6) is 0.822. The Kier molecular flexibility index (Phi) is 6.16. The van der Waals surface area contributed by atoms with E-state index in [-0.39, 0.29) is 24.0 Å². The third-order valence-corrected chi connectivity index (χ3v) is 5.83. The van der Waals surface area contributed by atoms with Crippen molar-refractivity contribution in [1.29, 1.82) is 0 Å². The van der Waals surface area contributed by atoms with Crippen molar-refractivity contribution >= 4 is 28.4 Å². The highest BCUT2D eigenvalue weighted by Gasteiger charge is 2.27. The van der Waals surface area contributed by atoms with Crippen molar-refractivity contribution in [2.75, 3.05) is 40.4 Å². The molecule has 1 aliphatic heterocycles. The summed E-state index contributed by atoms with van der Waals surface area (Å²) in [7, 11) is 3.05. The smallest absolute Gasteiger partial charge is 0.270 e. The first-order chi connectivity index (χ1) is 15.9. The number of aromatic nitrogens is 1. The molecule has 10 heteroatoms. The number of carbonyl (C=O) groups is 2. The van der Waals surface area contributed by atoms with E-state index >= 15 is 0 Å². The van der Waals surface area contributed by atoms with Crippen LogP contribution in [0.2, 0.25) is 0 Å². The molecule has 0 aliphatic carbocycles. The second-order valence-corrected chi connectivity index (χ2v) is 7.68. The van der Waals surface area contributed by atoms with Gasteiger partial charge in [0.05, 0.1) is 24.7 Å². The maximum Gasteiger partial charge on any atom is 0.270 e. The molecule has 0 N–H and O–H groups in total. The molecule has 0 unspecified atom stereocenters. The molecule has 1 saturated heterocycles. The molecular formula is C23H24N4O6. The topological polar surface area (TPSA) is 107 Å². The fourth-order valence-electron chi connectivity index (χ4n) is 3.99. The van der Waals surface area contributed by atoms with Crippen LogP contribution < -0.4 is 9.47 Å². The maximum absolute atomic E-state index is 13.0. The number of ether oxygens (including phenoxy) is 2. The summed E-state index contributed by atoms with van der Waals surface area (Å²) < 4.78 is 12.3. The fraction of sp³-hybridized carbons (Fsp3) is 0.304. The van der Waals surface area contributed by atoms with Crippen LogP contribution in [0.5, 0.6) is 11.5 Å². The molecular weight excluding hydrogens is 428 g/mol. The lowest BCUT2D eigenvalue weighted by atomic mass is 10.1. The number of benzene rings is 2. The van der Waals surface area contributed by atoms with Crippen LogP contribution in [0.3, 0.4) is 0 Å². The van der Waals surface area contributed by atoms with Gasteiger partial charge in [-0.05, 0) is 24.3 Å². The zero-order chi connectivity index (χ0) is 23.5. The Morgan fingerprint density at radius 2 is 1.70 bits per heavy atom. The van der Waals surface area contributed by atoms with E-state index in [1.54, 1.807) is 58.0 Å². The lowest BCUT2D eigenvalue weighted by Crippen LogP contribution is -2.51. The van der Waals surface area contributed by atoms with E-state index in [4.69, 9.17) is 9.47 Å². The minimum atomic E-state index is -0.440. The first-order valence-electron chi connectivity index (χ1n) is 10.4. The summed E-state index contributed by atoms with van der Waals surface area (Å²) in [6.45, 7) is 1.81. The third-order valence-electron chi connectivity index (χ3n) is 5.83. The number of carbonyl (C=O) groups excluding carboxylic acids is 2. The minimum Gasteiger partial charge on any atom is -0.497 e. The number of amides is 2. The van der Waals surface area contributed by atoms with E-state index in [9.17, 15) is 19.7 Å². The zero-order valence-corrected chi connectivity index (χ0v) is 18.4. The molecule has 10 nitrogen and oxygen atoms in total. The number of rotatable bonds is 6. The van der Waals surface area contributed by atoms with Crippen molar-refractivity contribution in [2.24, 2.45) is 0 Å². The molecule has 0 radical (unpaired) electrons. The summed E-state index contributed by atoms with van der Waals surface area (Å²) in [4.78, 5) is 39.8. The number of fused-ring (bicyclic) bond motifs is 1. The van der Waals surface area contributed by atoms with E-state index in [0.29, 0.717) is 48.6 Å². The van der Waals surface area contributed by atoms with E-state index < -0.39 is 4.92 Å². The second kappa shape index (κ2) is 9.19. The lowest BCUT2D eigenvalue weighted by Gasteiger charge is -2.35. The predicted molar refractivity (Wildman–Crippen MR) is 121 cm³/mol. The second-order valence-electron chi connectivity index (χ2n) is 7.68. The molecule has 2 aromatic carbocycles. The van der Waals surface area contributed by atoms with Crippen LogP contribution in [-0.2, 0) is 11.3 Å². The van der Waals surface area contributed by atoms with Gasteiger partial charge in [-0.1, -0.05) is 0 Å². The lowest BCUT2D eigenvalue weighted by molar-refractivity contribution is -0.384. The van der Waals surface area contributed by atoms with E-state index in [1.807, 2.05) is 0 Å². The molecule has 0 bridgehead atoms. The van der Waals surface area contributed by atoms with Gasteiger partial charge in [0.15, 0.2) is 0 Å². The first-order valence-corrected chi connectivity index (χ1v) is 10.4. The van der Waals surface area contributed by atoms with E-state index in [0.717, 1.165) is 5.52 Å². The standard InChI is InChI=1S/C23H24N4O6/c1-32-18-4-5-19(21(14-18)33-2)23(29)25-11-9-24(10-12-25)22(28)15-26-8-7-16-13-17(27(30)31)3-6-20(16)26/h3-8,13-14H,9-12,15H2,1-2H3. The Labute approximate surface area is 190 Å². The van der Waals surface area contributed by atoms with Gasteiger partial charge in [0, 0.05) is 61.5 Å². The van der Waals surface area contributed by atoms with Crippen molar-refractivity contribution in [3.8, 4) is 11.5 Å². The summed E-state index contributed by atoms with van der Waals surface area (Å²) >= 11 is 0. The molecule has 4 rings (SSSR count). The van der Waals surface area contributed by atoms with Crippen LogP contribution in [0.4, 0.5) is 5.69 Å². The number of methoxy groups -OCH3 is 2. The Morgan fingerprint density at radius 3 is 2.36 bits per heavy atom. The van der Waals surface area contributed by atoms with Crippen molar-refractivity contribution in [2.45, 2.75) is 6.54 Å². The van der Waals surface area contributed by atoms with Crippen LogP contribution in [-0.4, -0.2) is 71.5 Å². The largest absolute Gasteiger partial charge is 0.497 e. The van der Waals surface area contributed by atoms with Crippen LogP contribution in [0.1, 0.15) is 10.4 Å². The highest BCUT2D eigenvalue weighted by Crippen LogP contribution is 2.26. The van der Waals surface area contributed by atoms with Crippen molar-refractivity contribution in [3.05, 3.63) is 64.3 Å². The first kappa shape index (κ1) is 22.1. The minimum absolute atomic E-state index is 0.0147. The van der Waals surface area contributed by atoms with Crippen LogP contribution in [0.15, 0.2) is 48.7 Å². The highest BCUT2D eigenvalue weighted by atomic mass is 16.6. The van der Waals surface area contributed by atoms with Crippen molar-refractivity contribution in [1.82, 2.24) is 14.4 Å². The van der Waals surface area contributed by atoms with Gasteiger partial charge < -0.3 is 23.8 Å². The predicted octanol–water partition coefficient (Wildman–Crippen LogP) is 2.55. The van der Waals surface area contributed by atoms with Crippen molar-refractivity contribution in [3.63, 3.8) is 0 Å². The van der Waals surface area contributed by atoms with Gasteiger partial charge >= 0.3 is 0 Å². The average Bonchev–Trinajstić information content (AvgIpc) is 3.25. The number of nitro benzene ring substituents is 1. The number of piperazine rings is 1. The Balaban J connectivity index is 1.39. The Morgan fingerprint density at radius 1 is 0.970 bits per heavy atom. The van der Waals surface area contributed by atoms with Gasteiger partial charge in [-0.2, -0.15) is 0 Å². The van der Waals surface area contributed by atoms with Gasteiger partial charge in [0.25, 0.3) is 11.6 Å². The van der Waals surface area contributed by atoms with Gasteiger partial charge in [0.2, 0.25) is 5.91 Å². The monoisotopic (exact) mass is 452 g/mol. The number of nitro groups is 1. The molecule has 3 aromatic rings. The zero-order valence-electron chi connectivity index (χ0n) is 18.4. The molecule has 0 spiro atoms. The molecule has 1 aromatic heterocycles. The number of nitrogens with zero attached hydrogens (tertiary/aromatic N) is 4. The van der Waals surface area contributed by atoms with E-state index in [1.165, 1.54) is 19.2 Å². The van der Waals surface area contributed by atoms with Crippen LogP contribution >= 0.6 is 0 Å². The summed E-state index contributed by atoms with van der Waals surface area (Å²) in [5, 5.41) is 11.7. The summed E-state index contributed by atoms with van der Waals surface area (Å²) in [5.41, 5.74) is 1.22.